The van der Waals surface area contributed by atoms with Crippen molar-refractivity contribution in [1.82, 2.24) is 9.55 Å². The van der Waals surface area contributed by atoms with Gasteiger partial charge in [0.1, 0.15) is 0 Å². The van der Waals surface area contributed by atoms with Crippen LogP contribution in [0, 0.1) is 0 Å². The Morgan fingerprint density at radius 3 is 2.50 bits per heavy atom. The lowest BCUT2D eigenvalue weighted by Gasteiger charge is -2.09. The minimum absolute atomic E-state index is 0.00186. The monoisotopic (exact) mass is 332 g/mol. The normalized spacial score (nSPS) is 12.0. The summed E-state index contributed by atoms with van der Waals surface area (Å²) in [6, 6.07) is 9.92. The molecule has 2 heterocycles. The van der Waals surface area contributed by atoms with Crippen LogP contribution in [0.3, 0.4) is 0 Å². The second kappa shape index (κ2) is 6.19. The fraction of sp³-hybridized carbons (Fsp3) is 0.0588. The first-order chi connectivity index (χ1) is 11.4. The average Bonchev–Trinajstić information content (AvgIpc) is 3.06. The van der Waals surface area contributed by atoms with Crippen molar-refractivity contribution in [2.75, 3.05) is 0 Å². The summed E-state index contributed by atoms with van der Waals surface area (Å²) in [6.45, 7) is 0. The molecule has 122 valence electrons. The summed E-state index contributed by atoms with van der Waals surface area (Å²) in [6.07, 6.45) is 1.06. The van der Waals surface area contributed by atoms with Gasteiger partial charge in [-0.05, 0) is 29.8 Å². The van der Waals surface area contributed by atoms with Crippen molar-refractivity contribution in [3.63, 3.8) is 0 Å². The molecule has 0 saturated heterocycles. The minimum atomic E-state index is -4.45. The fourth-order valence-corrected chi connectivity index (χ4v) is 2.16. The molecule has 0 radical (unpaired) electrons. The SMILES string of the molecule is O=c1nc(C=Cc2ccccc2C(F)(F)F)ccn1-c1ccco1. The Balaban J connectivity index is 1.91. The highest BCUT2D eigenvalue weighted by Crippen LogP contribution is 2.32. The van der Waals surface area contributed by atoms with Crippen LogP contribution in [-0.2, 0) is 6.18 Å². The van der Waals surface area contributed by atoms with E-state index in [0.717, 1.165) is 6.07 Å². The molecule has 2 aromatic heterocycles. The van der Waals surface area contributed by atoms with E-state index in [9.17, 15) is 18.0 Å². The Morgan fingerprint density at radius 1 is 1.04 bits per heavy atom. The van der Waals surface area contributed by atoms with Gasteiger partial charge in [0, 0.05) is 12.3 Å². The molecule has 0 amide bonds. The van der Waals surface area contributed by atoms with Crippen LogP contribution in [0.1, 0.15) is 16.8 Å². The molecule has 7 heteroatoms. The molecule has 3 aromatic rings. The van der Waals surface area contributed by atoms with E-state index < -0.39 is 17.4 Å². The van der Waals surface area contributed by atoms with Gasteiger partial charge in [-0.1, -0.05) is 24.3 Å². The van der Waals surface area contributed by atoms with Crippen LogP contribution in [0.2, 0.25) is 0 Å². The van der Waals surface area contributed by atoms with Crippen molar-refractivity contribution in [1.29, 1.82) is 0 Å². The van der Waals surface area contributed by atoms with E-state index in [2.05, 4.69) is 4.98 Å². The molecule has 0 atom stereocenters. The summed E-state index contributed by atoms with van der Waals surface area (Å²) >= 11 is 0. The van der Waals surface area contributed by atoms with Gasteiger partial charge in [-0.25, -0.2) is 9.36 Å². The number of nitrogens with zero attached hydrogens (tertiary/aromatic N) is 2. The average molecular weight is 332 g/mol. The first-order valence-electron chi connectivity index (χ1n) is 6.93. The lowest BCUT2D eigenvalue weighted by atomic mass is 10.1. The molecule has 24 heavy (non-hydrogen) atoms. The molecule has 0 aliphatic carbocycles. The van der Waals surface area contributed by atoms with E-state index in [-0.39, 0.29) is 11.3 Å². The van der Waals surface area contributed by atoms with E-state index in [1.807, 2.05) is 0 Å². The molecular formula is C17H11F3N2O2. The van der Waals surface area contributed by atoms with Crippen LogP contribution in [-0.4, -0.2) is 9.55 Å². The Morgan fingerprint density at radius 2 is 1.83 bits per heavy atom. The van der Waals surface area contributed by atoms with Gasteiger partial charge in [0.05, 0.1) is 17.5 Å². The summed E-state index contributed by atoms with van der Waals surface area (Å²) in [4.78, 5) is 15.8. The maximum absolute atomic E-state index is 12.9. The van der Waals surface area contributed by atoms with Crippen LogP contribution in [0.4, 0.5) is 13.2 Å². The van der Waals surface area contributed by atoms with E-state index in [4.69, 9.17) is 4.42 Å². The third-order valence-electron chi connectivity index (χ3n) is 3.27. The Labute approximate surface area is 134 Å². The first-order valence-corrected chi connectivity index (χ1v) is 6.93. The van der Waals surface area contributed by atoms with Gasteiger partial charge >= 0.3 is 11.9 Å². The molecule has 4 nitrogen and oxygen atoms in total. The number of alkyl halides is 3. The molecule has 0 N–H and O–H groups in total. The van der Waals surface area contributed by atoms with Crippen LogP contribution >= 0.6 is 0 Å². The van der Waals surface area contributed by atoms with E-state index >= 15 is 0 Å². The summed E-state index contributed by atoms with van der Waals surface area (Å²) < 4.78 is 45.1. The summed E-state index contributed by atoms with van der Waals surface area (Å²) in [5.41, 5.74) is -1.08. The summed E-state index contributed by atoms with van der Waals surface area (Å²) in [7, 11) is 0. The van der Waals surface area contributed by atoms with Gasteiger partial charge in [-0.2, -0.15) is 18.2 Å². The van der Waals surface area contributed by atoms with E-state index in [1.165, 1.54) is 53.4 Å². The highest BCUT2D eigenvalue weighted by Gasteiger charge is 2.32. The Hall–Kier alpha value is -3.09. The zero-order chi connectivity index (χ0) is 17.2. The molecule has 0 aliphatic rings. The Bertz CT molecular complexity index is 926. The number of rotatable bonds is 3. The smallest absolute Gasteiger partial charge is 0.416 e. The number of furan rings is 1. The largest absolute Gasteiger partial charge is 0.448 e. The van der Waals surface area contributed by atoms with E-state index in [1.54, 1.807) is 12.1 Å². The van der Waals surface area contributed by atoms with Crippen LogP contribution < -0.4 is 5.69 Å². The number of hydrogen-bond acceptors (Lipinski definition) is 3. The van der Waals surface area contributed by atoms with Crippen molar-refractivity contribution >= 4 is 12.2 Å². The van der Waals surface area contributed by atoms with Gasteiger partial charge in [-0.3, -0.25) is 0 Å². The van der Waals surface area contributed by atoms with Crippen LogP contribution in [0.5, 0.6) is 0 Å². The van der Waals surface area contributed by atoms with Crippen molar-refractivity contribution < 1.29 is 17.6 Å². The number of halogens is 3. The van der Waals surface area contributed by atoms with Crippen molar-refractivity contribution in [3.8, 4) is 5.88 Å². The van der Waals surface area contributed by atoms with E-state index in [0.29, 0.717) is 5.88 Å². The van der Waals surface area contributed by atoms with Crippen molar-refractivity contribution in [2.24, 2.45) is 0 Å². The highest BCUT2D eigenvalue weighted by atomic mass is 19.4. The number of benzene rings is 1. The van der Waals surface area contributed by atoms with Gasteiger partial charge in [0.25, 0.3) is 0 Å². The molecule has 0 unspecified atom stereocenters. The molecule has 0 saturated carbocycles. The molecule has 0 fully saturated rings. The topological polar surface area (TPSA) is 48.0 Å². The van der Waals surface area contributed by atoms with Gasteiger partial charge in [-0.15, -0.1) is 0 Å². The second-order valence-corrected chi connectivity index (χ2v) is 4.87. The molecular weight excluding hydrogens is 321 g/mol. The second-order valence-electron chi connectivity index (χ2n) is 4.87. The predicted octanol–water partition coefficient (Wildman–Crippen LogP) is 4.01. The number of aromatic nitrogens is 2. The van der Waals surface area contributed by atoms with Crippen LogP contribution in [0.25, 0.3) is 18.0 Å². The lowest BCUT2D eigenvalue weighted by Crippen LogP contribution is -2.20. The maximum Gasteiger partial charge on any atom is 0.416 e. The van der Waals surface area contributed by atoms with Crippen LogP contribution in [0.15, 0.2) is 64.1 Å². The zero-order valence-corrected chi connectivity index (χ0v) is 12.2. The van der Waals surface area contributed by atoms with Crippen molar-refractivity contribution in [2.45, 2.75) is 6.18 Å². The number of hydrogen-bond donors (Lipinski definition) is 0. The standard InChI is InChI=1S/C17H11F3N2O2/c18-17(19,20)14-5-2-1-4-12(14)7-8-13-9-10-22(16(23)21-13)15-6-3-11-24-15/h1-11H. The lowest BCUT2D eigenvalue weighted by molar-refractivity contribution is -0.137. The minimum Gasteiger partial charge on any atom is -0.448 e. The van der Waals surface area contributed by atoms with Gasteiger partial charge in [0.2, 0.25) is 5.88 Å². The molecule has 0 spiro atoms. The molecule has 3 rings (SSSR count). The summed E-state index contributed by atoms with van der Waals surface area (Å²) in [5.74, 6) is 0.311. The molecule has 0 aliphatic heterocycles. The Kier molecular flexibility index (Phi) is 4.07. The maximum atomic E-state index is 12.9. The molecule has 0 bridgehead atoms. The third kappa shape index (κ3) is 3.29. The zero-order valence-electron chi connectivity index (χ0n) is 12.2. The van der Waals surface area contributed by atoms with Gasteiger partial charge in [0.15, 0.2) is 0 Å². The summed E-state index contributed by atoms with van der Waals surface area (Å²) in [5, 5.41) is 0. The van der Waals surface area contributed by atoms with Gasteiger partial charge < -0.3 is 4.42 Å². The fourth-order valence-electron chi connectivity index (χ4n) is 2.16. The predicted molar refractivity (Wildman–Crippen MR) is 82.5 cm³/mol. The third-order valence-corrected chi connectivity index (χ3v) is 3.27. The first kappa shape index (κ1) is 15.8. The van der Waals surface area contributed by atoms with Crippen molar-refractivity contribution in [3.05, 3.63) is 82.2 Å². The quantitative estimate of drug-likeness (QED) is 0.728. The highest BCUT2D eigenvalue weighted by molar-refractivity contribution is 5.69. The molecule has 1 aromatic carbocycles.